The lowest BCUT2D eigenvalue weighted by molar-refractivity contribution is 0.0930. The van der Waals surface area contributed by atoms with Crippen LogP contribution in [0.15, 0.2) is 30.3 Å². The second-order valence-electron chi connectivity index (χ2n) is 5.29. The molecule has 1 aromatic carbocycles. The Morgan fingerprint density at radius 1 is 1.27 bits per heavy atom. The van der Waals surface area contributed by atoms with Gasteiger partial charge in [-0.25, -0.2) is 0 Å². The monoisotopic (exact) mass is 202 g/mol. The third-order valence-corrected chi connectivity index (χ3v) is 4.29. The molecule has 2 saturated carbocycles. The van der Waals surface area contributed by atoms with Gasteiger partial charge in [0.1, 0.15) is 0 Å². The zero-order chi connectivity index (χ0) is 10.3. The predicted octanol–water partition coefficient (Wildman–Crippen LogP) is 2.78. The van der Waals surface area contributed by atoms with Crippen molar-refractivity contribution >= 4 is 0 Å². The molecular weight excluding hydrogens is 184 g/mol. The quantitative estimate of drug-likeness (QED) is 0.782. The molecule has 3 atom stereocenters. The number of fused-ring (bicyclic) bond motifs is 1. The first-order valence-electron chi connectivity index (χ1n) is 6.02. The van der Waals surface area contributed by atoms with Crippen LogP contribution in [0.4, 0.5) is 0 Å². The van der Waals surface area contributed by atoms with Crippen molar-refractivity contribution in [2.75, 3.05) is 0 Å². The average Bonchev–Trinajstić information content (AvgIpc) is 2.95. The predicted molar refractivity (Wildman–Crippen MR) is 60.5 cm³/mol. The zero-order valence-electron chi connectivity index (χ0n) is 9.02. The summed E-state index contributed by atoms with van der Waals surface area (Å²) in [6, 6.07) is 10.7. The van der Waals surface area contributed by atoms with Crippen molar-refractivity contribution in [2.45, 2.75) is 38.2 Å². The maximum absolute atomic E-state index is 9.86. The van der Waals surface area contributed by atoms with Crippen molar-refractivity contribution in [2.24, 2.45) is 11.3 Å². The molecule has 2 aliphatic rings. The molecule has 0 amide bonds. The van der Waals surface area contributed by atoms with Crippen molar-refractivity contribution < 1.29 is 5.11 Å². The molecule has 1 aromatic rings. The molecular formula is C14H18O. The molecule has 0 aliphatic heterocycles. The molecule has 0 aromatic heterocycles. The summed E-state index contributed by atoms with van der Waals surface area (Å²) in [7, 11) is 0. The third-order valence-electron chi connectivity index (χ3n) is 4.29. The summed E-state index contributed by atoms with van der Waals surface area (Å²) in [5.74, 6) is 0.603. The van der Waals surface area contributed by atoms with Gasteiger partial charge in [0, 0.05) is 0 Å². The largest absolute Gasteiger partial charge is 0.393 e. The summed E-state index contributed by atoms with van der Waals surface area (Å²) in [5.41, 5.74) is 1.91. The minimum atomic E-state index is -0.0116. The van der Waals surface area contributed by atoms with Gasteiger partial charge < -0.3 is 5.11 Å². The van der Waals surface area contributed by atoms with Gasteiger partial charge in [0.15, 0.2) is 0 Å². The Balaban J connectivity index is 1.74. The molecule has 1 heteroatoms. The van der Waals surface area contributed by atoms with Gasteiger partial charge in [-0.2, -0.15) is 0 Å². The fourth-order valence-corrected chi connectivity index (χ4v) is 3.37. The van der Waals surface area contributed by atoms with Gasteiger partial charge in [0.05, 0.1) is 6.10 Å². The number of rotatable bonds is 2. The Morgan fingerprint density at radius 3 is 2.87 bits per heavy atom. The van der Waals surface area contributed by atoms with E-state index in [1.54, 1.807) is 0 Å². The van der Waals surface area contributed by atoms with Crippen LogP contribution in [0, 0.1) is 11.3 Å². The molecule has 2 aliphatic carbocycles. The SMILES string of the molecule is O[C@@H]1CCC[C@]2(Cc3ccccc3)C[C@H]12. The summed E-state index contributed by atoms with van der Waals surface area (Å²) >= 11 is 0. The summed E-state index contributed by atoms with van der Waals surface area (Å²) in [5, 5.41) is 9.86. The van der Waals surface area contributed by atoms with Crippen LogP contribution in [0.3, 0.4) is 0 Å². The minimum Gasteiger partial charge on any atom is -0.393 e. The van der Waals surface area contributed by atoms with Crippen molar-refractivity contribution in [3.05, 3.63) is 35.9 Å². The number of aliphatic hydroxyl groups excluding tert-OH is 1. The molecule has 3 rings (SSSR count). The van der Waals surface area contributed by atoms with Gasteiger partial charge in [0.25, 0.3) is 0 Å². The van der Waals surface area contributed by atoms with Crippen LogP contribution in [-0.4, -0.2) is 11.2 Å². The number of benzene rings is 1. The highest BCUT2D eigenvalue weighted by Crippen LogP contribution is 2.62. The minimum absolute atomic E-state index is 0.0116. The zero-order valence-corrected chi connectivity index (χ0v) is 9.02. The van der Waals surface area contributed by atoms with E-state index in [9.17, 15) is 5.11 Å². The Kier molecular flexibility index (Phi) is 2.10. The Bertz CT molecular complexity index is 346. The van der Waals surface area contributed by atoms with Gasteiger partial charge in [-0.05, 0) is 42.6 Å². The molecule has 80 valence electrons. The van der Waals surface area contributed by atoms with E-state index < -0.39 is 0 Å². The maximum Gasteiger partial charge on any atom is 0.0574 e. The van der Waals surface area contributed by atoms with E-state index in [0.717, 1.165) is 6.42 Å². The van der Waals surface area contributed by atoms with Crippen LogP contribution >= 0.6 is 0 Å². The standard InChI is InChI=1S/C14H18O/c15-13-7-4-8-14(10-12(13)14)9-11-5-2-1-3-6-11/h1-3,5-6,12-13,15H,4,7-10H2/t12-,13-,14+/m1/s1. The molecule has 0 radical (unpaired) electrons. The number of hydrogen-bond donors (Lipinski definition) is 1. The molecule has 0 saturated heterocycles. The van der Waals surface area contributed by atoms with Gasteiger partial charge in [-0.15, -0.1) is 0 Å². The first-order valence-corrected chi connectivity index (χ1v) is 6.02. The molecule has 0 heterocycles. The number of hydrogen-bond acceptors (Lipinski definition) is 1. The first-order chi connectivity index (χ1) is 7.30. The maximum atomic E-state index is 9.86. The second kappa shape index (κ2) is 3.34. The fraction of sp³-hybridized carbons (Fsp3) is 0.571. The van der Waals surface area contributed by atoms with Crippen LogP contribution in [0.25, 0.3) is 0 Å². The van der Waals surface area contributed by atoms with Gasteiger partial charge in [-0.3, -0.25) is 0 Å². The van der Waals surface area contributed by atoms with E-state index in [4.69, 9.17) is 0 Å². The highest BCUT2D eigenvalue weighted by Gasteiger charge is 2.58. The second-order valence-corrected chi connectivity index (χ2v) is 5.29. The fourth-order valence-electron chi connectivity index (χ4n) is 3.37. The smallest absolute Gasteiger partial charge is 0.0574 e. The Morgan fingerprint density at radius 2 is 2.07 bits per heavy atom. The molecule has 1 N–H and O–H groups in total. The van der Waals surface area contributed by atoms with Crippen molar-refractivity contribution in [3.63, 3.8) is 0 Å². The van der Waals surface area contributed by atoms with Crippen LogP contribution in [0.2, 0.25) is 0 Å². The lowest BCUT2D eigenvalue weighted by Crippen LogP contribution is -2.23. The topological polar surface area (TPSA) is 20.2 Å². The van der Waals surface area contributed by atoms with Gasteiger partial charge in [-0.1, -0.05) is 36.8 Å². The summed E-state index contributed by atoms with van der Waals surface area (Å²) < 4.78 is 0. The average molecular weight is 202 g/mol. The molecule has 0 spiro atoms. The van der Waals surface area contributed by atoms with E-state index in [2.05, 4.69) is 30.3 Å². The van der Waals surface area contributed by atoms with E-state index >= 15 is 0 Å². The Labute approximate surface area is 91.1 Å². The van der Waals surface area contributed by atoms with Crippen molar-refractivity contribution in [3.8, 4) is 0 Å². The van der Waals surface area contributed by atoms with Gasteiger partial charge in [0.2, 0.25) is 0 Å². The normalized spacial score (nSPS) is 38.5. The summed E-state index contributed by atoms with van der Waals surface area (Å²) in [6.07, 6.45) is 5.98. The third kappa shape index (κ3) is 1.59. The van der Waals surface area contributed by atoms with Crippen LogP contribution in [0.1, 0.15) is 31.2 Å². The molecule has 1 nitrogen and oxygen atoms in total. The van der Waals surface area contributed by atoms with E-state index in [0.29, 0.717) is 11.3 Å². The van der Waals surface area contributed by atoms with Gasteiger partial charge >= 0.3 is 0 Å². The molecule has 0 unspecified atom stereocenters. The summed E-state index contributed by atoms with van der Waals surface area (Å²) in [4.78, 5) is 0. The first kappa shape index (κ1) is 9.41. The van der Waals surface area contributed by atoms with Crippen LogP contribution < -0.4 is 0 Å². The van der Waals surface area contributed by atoms with E-state index in [-0.39, 0.29) is 6.10 Å². The summed E-state index contributed by atoms with van der Waals surface area (Å²) in [6.45, 7) is 0. The molecule has 0 bridgehead atoms. The Hall–Kier alpha value is -0.820. The lowest BCUT2D eigenvalue weighted by Gasteiger charge is -2.25. The highest BCUT2D eigenvalue weighted by molar-refractivity contribution is 5.21. The molecule has 2 fully saturated rings. The van der Waals surface area contributed by atoms with E-state index in [1.807, 2.05) is 0 Å². The van der Waals surface area contributed by atoms with Crippen LogP contribution in [-0.2, 0) is 6.42 Å². The number of aliphatic hydroxyl groups is 1. The van der Waals surface area contributed by atoms with Crippen LogP contribution in [0.5, 0.6) is 0 Å². The molecule has 15 heavy (non-hydrogen) atoms. The van der Waals surface area contributed by atoms with E-state index in [1.165, 1.54) is 31.2 Å². The lowest BCUT2D eigenvalue weighted by atomic mass is 9.82. The van der Waals surface area contributed by atoms with Crippen molar-refractivity contribution in [1.29, 1.82) is 0 Å². The van der Waals surface area contributed by atoms with Crippen molar-refractivity contribution in [1.82, 2.24) is 0 Å². The highest BCUT2D eigenvalue weighted by atomic mass is 16.3.